The molecule has 0 saturated carbocycles. The molecular formula is C9H12N2O3. The molecule has 0 amide bonds. The van der Waals surface area contributed by atoms with Crippen molar-refractivity contribution >= 4 is 12.3 Å². The van der Waals surface area contributed by atoms with E-state index in [4.69, 9.17) is 0 Å². The van der Waals surface area contributed by atoms with Crippen LogP contribution in [0.3, 0.4) is 0 Å². The van der Waals surface area contributed by atoms with E-state index in [2.05, 4.69) is 14.9 Å². The van der Waals surface area contributed by atoms with E-state index in [0.29, 0.717) is 17.5 Å². The molecule has 1 aromatic heterocycles. The first-order valence-corrected chi connectivity index (χ1v) is 4.23. The summed E-state index contributed by atoms with van der Waals surface area (Å²) < 4.78 is 4.55. The summed E-state index contributed by atoms with van der Waals surface area (Å²) in [5.74, 6) is -0.485. The minimum absolute atomic E-state index is 0.0445. The zero-order valence-electron chi connectivity index (χ0n) is 8.33. The molecule has 0 aromatic carbocycles. The number of nitrogens with zero attached hydrogens (tertiary/aromatic N) is 1. The second kappa shape index (κ2) is 4.04. The van der Waals surface area contributed by atoms with Crippen LogP contribution in [-0.2, 0) is 4.74 Å². The number of ether oxygens (including phenoxy) is 1. The molecule has 5 heteroatoms. The first-order chi connectivity index (χ1) is 6.61. The molecule has 1 rings (SSSR count). The Kier molecular flexibility index (Phi) is 3.01. The van der Waals surface area contributed by atoms with E-state index in [-0.39, 0.29) is 11.6 Å². The van der Waals surface area contributed by atoms with Gasteiger partial charge in [-0.1, -0.05) is 13.8 Å². The van der Waals surface area contributed by atoms with Gasteiger partial charge in [0, 0.05) is 5.56 Å². The number of H-pyrrole nitrogens is 1. The molecule has 0 aliphatic carbocycles. The Balaban J connectivity index is 3.24. The largest absolute Gasteiger partial charge is 0.464 e. The highest BCUT2D eigenvalue weighted by Gasteiger charge is 2.21. The van der Waals surface area contributed by atoms with Crippen molar-refractivity contribution in [2.45, 2.75) is 19.8 Å². The van der Waals surface area contributed by atoms with Crippen LogP contribution < -0.4 is 0 Å². The van der Waals surface area contributed by atoms with E-state index in [1.807, 2.05) is 13.8 Å². The highest BCUT2D eigenvalue weighted by atomic mass is 16.5. The minimum Gasteiger partial charge on any atom is -0.464 e. The summed E-state index contributed by atoms with van der Waals surface area (Å²) in [6, 6.07) is 0. The number of carbonyl (C=O) groups is 2. The van der Waals surface area contributed by atoms with E-state index >= 15 is 0 Å². The van der Waals surface area contributed by atoms with E-state index in [1.54, 1.807) is 0 Å². The third-order valence-electron chi connectivity index (χ3n) is 1.91. The predicted molar refractivity (Wildman–Crippen MR) is 49.4 cm³/mol. The summed E-state index contributed by atoms with van der Waals surface area (Å²) in [5.41, 5.74) is 1.12. The van der Waals surface area contributed by atoms with Crippen LogP contribution in [0.4, 0.5) is 0 Å². The van der Waals surface area contributed by atoms with Gasteiger partial charge in [-0.3, -0.25) is 9.89 Å². The smallest absolute Gasteiger partial charge is 0.358 e. The molecule has 0 saturated heterocycles. The van der Waals surface area contributed by atoms with Crippen LogP contribution in [-0.4, -0.2) is 29.6 Å². The molecule has 0 spiro atoms. The van der Waals surface area contributed by atoms with Crippen molar-refractivity contribution in [2.75, 3.05) is 7.11 Å². The monoisotopic (exact) mass is 196 g/mol. The fourth-order valence-electron chi connectivity index (χ4n) is 1.29. The zero-order valence-corrected chi connectivity index (χ0v) is 8.33. The number of aromatic nitrogens is 2. The summed E-state index contributed by atoms with van der Waals surface area (Å²) in [7, 11) is 1.28. The topological polar surface area (TPSA) is 72.0 Å². The zero-order chi connectivity index (χ0) is 10.7. The minimum atomic E-state index is -0.530. The van der Waals surface area contributed by atoms with Crippen LogP contribution in [0, 0.1) is 0 Å². The van der Waals surface area contributed by atoms with Crippen LogP contribution in [0.1, 0.15) is 46.3 Å². The van der Waals surface area contributed by atoms with Gasteiger partial charge in [-0.05, 0) is 5.92 Å². The molecule has 76 valence electrons. The molecule has 1 aromatic rings. The van der Waals surface area contributed by atoms with Gasteiger partial charge in [0.2, 0.25) is 0 Å². The third-order valence-corrected chi connectivity index (χ3v) is 1.91. The van der Waals surface area contributed by atoms with Gasteiger partial charge in [-0.2, -0.15) is 5.10 Å². The lowest BCUT2D eigenvalue weighted by Gasteiger charge is -2.04. The lowest BCUT2D eigenvalue weighted by molar-refractivity contribution is 0.0592. The first-order valence-electron chi connectivity index (χ1n) is 4.23. The normalized spacial score (nSPS) is 10.3. The molecule has 0 atom stereocenters. The molecule has 0 bridgehead atoms. The Bertz CT molecular complexity index is 355. The lowest BCUT2D eigenvalue weighted by atomic mass is 10.0. The summed E-state index contributed by atoms with van der Waals surface area (Å²) in [4.78, 5) is 21.9. The molecule has 0 fully saturated rings. The number of nitrogens with one attached hydrogen (secondary N) is 1. The van der Waals surface area contributed by atoms with Crippen molar-refractivity contribution in [3.8, 4) is 0 Å². The van der Waals surface area contributed by atoms with Crippen molar-refractivity contribution in [1.29, 1.82) is 0 Å². The van der Waals surface area contributed by atoms with Crippen molar-refractivity contribution < 1.29 is 14.3 Å². The van der Waals surface area contributed by atoms with Gasteiger partial charge in [-0.15, -0.1) is 0 Å². The maximum absolute atomic E-state index is 11.2. The average Bonchev–Trinajstić information content (AvgIpc) is 2.59. The fraction of sp³-hybridized carbons (Fsp3) is 0.444. The van der Waals surface area contributed by atoms with Gasteiger partial charge in [0.05, 0.1) is 7.11 Å². The number of aromatic amines is 1. The molecule has 14 heavy (non-hydrogen) atoms. The number of methoxy groups -OCH3 is 1. The predicted octanol–water partition coefficient (Wildman–Crippen LogP) is 1.13. The molecular weight excluding hydrogens is 184 g/mol. The van der Waals surface area contributed by atoms with Crippen molar-refractivity contribution in [2.24, 2.45) is 0 Å². The second-order valence-electron chi connectivity index (χ2n) is 3.16. The number of hydrogen-bond donors (Lipinski definition) is 1. The first kappa shape index (κ1) is 10.4. The van der Waals surface area contributed by atoms with E-state index in [1.165, 1.54) is 7.11 Å². The molecule has 1 heterocycles. The van der Waals surface area contributed by atoms with Gasteiger partial charge in [0.1, 0.15) is 5.69 Å². The van der Waals surface area contributed by atoms with Crippen LogP contribution in [0.5, 0.6) is 0 Å². The maximum atomic E-state index is 11.2. The Labute approximate surface area is 81.5 Å². The third kappa shape index (κ3) is 1.66. The van der Waals surface area contributed by atoms with E-state index < -0.39 is 5.97 Å². The maximum Gasteiger partial charge on any atom is 0.358 e. The van der Waals surface area contributed by atoms with Crippen LogP contribution in [0.25, 0.3) is 0 Å². The van der Waals surface area contributed by atoms with Crippen LogP contribution in [0.15, 0.2) is 0 Å². The molecule has 0 radical (unpaired) electrons. The standard InChI is InChI=1S/C9H12N2O3/c1-5(2)7-6(4-12)10-11-8(7)9(13)14-3/h4-5H,1-3H3,(H,10,11). The van der Waals surface area contributed by atoms with Gasteiger partial charge < -0.3 is 4.74 Å². The van der Waals surface area contributed by atoms with E-state index in [9.17, 15) is 9.59 Å². The molecule has 1 N–H and O–H groups in total. The number of aldehydes is 1. The van der Waals surface area contributed by atoms with Crippen LogP contribution in [0.2, 0.25) is 0 Å². The SMILES string of the molecule is COC(=O)c1n[nH]c(C=O)c1C(C)C. The van der Waals surface area contributed by atoms with Gasteiger partial charge in [0.25, 0.3) is 0 Å². The molecule has 5 nitrogen and oxygen atoms in total. The average molecular weight is 196 g/mol. The van der Waals surface area contributed by atoms with Crippen molar-refractivity contribution in [1.82, 2.24) is 10.2 Å². The Hall–Kier alpha value is -1.65. The van der Waals surface area contributed by atoms with Gasteiger partial charge in [-0.25, -0.2) is 4.79 Å². The number of rotatable bonds is 3. The Morgan fingerprint density at radius 2 is 2.21 bits per heavy atom. The quantitative estimate of drug-likeness (QED) is 0.581. The molecule has 0 aliphatic heterocycles. The Morgan fingerprint density at radius 1 is 1.57 bits per heavy atom. The summed E-state index contributed by atoms with van der Waals surface area (Å²) in [6.45, 7) is 3.76. The highest BCUT2D eigenvalue weighted by Crippen LogP contribution is 2.21. The number of carbonyl (C=O) groups excluding carboxylic acids is 2. The van der Waals surface area contributed by atoms with E-state index in [0.717, 1.165) is 0 Å². The summed E-state index contributed by atoms with van der Waals surface area (Å²) in [6.07, 6.45) is 0.648. The fourth-order valence-corrected chi connectivity index (χ4v) is 1.29. The van der Waals surface area contributed by atoms with Crippen LogP contribution >= 0.6 is 0 Å². The van der Waals surface area contributed by atoms with Crippen molar-refractivity contribution in [3.63, 3.8) is 0 Å². The summed E-state index contributed by atoms with van der Waals surface area (Å²) >= 11 is 0. The number of hydrogen-bond acceptors (Lipinski definition) is 4. The van der Waals surface area contributed by atoms with Gasteiger partial charge in [0.15, 0.2) is 12.0 Å². The number of esters is 1. The molecule has 0 unspecified atom stereocenters. The Morgan fingerprint density at radius 3 is 2.64 bits per heavy atom. The second-order valence-corrected chi connectivity index (χ2v) is 3.16. The summed E-state index contributed by atoms with van der Waals surface area (Å²) in [5, 5.41) is 6.25. The molecule has 0 aliphatic rings. The lowest BCUT2D eigenvalue weighted by Crippen LogP contribution is -2.06. The van der Waals surface area contributed by atoms with Crippen molar-refractivity contribution in [3.05, 3.63) is 17.0 Å². The van der Waals surface area contributed by atoms with Gasteiger partial charge >= 0.3 is 5.97 Å². The highest BCUT2D eigenvalue weighted by molar-refractivity contribution is 5.92.